The van der Waals surface area contributed by atoms with Crippen molar-refractivity contribution in [2.75, 3.05) is 5.32 Å². The lowest BCUT2D eigenvalue weighted by Gasteiger charge is -2.28. The molecule has 0 aromatic heterocycles. The van der Waals surface area contributed by atoms with Gasteiger partial charge >= 0.3 is 5.97 Å². The van der Waals surface area contributed by atoms with E-state index in [4.69, 9.17) is 5.11 Å². The Morgan fingerprint density at radius 1 is 1.10 bits per heavy atom. The van der Waals surface area contributed by atoms with Crippen LogP contribution in [0.1, 0.15) is 46.7 Å². The van der Waals surface area contributed by atoms with Crippen LogP contribution in [0.5, 0.6) is 0 Å². The second-order valence-corrected chi connectivity index (χ2v) is 8.12. The van der Waals surface area contributed by atoms with Gasteiger partial charge in [0.25, 0.3) is 0 Å². The number of benzene rings is 3. The van der Waals surface area contributed by atoms with Crippen LogP contribution in [-0.2, 0) is 17.6 Å². The van der Waals surface area contributed by atoms with Crippen molar-refractivity contribution in [1.82, 2.24) is 0 Å². The Balaban J connectivity index is 1.60. The summed E-state index contributed by atoms with van der Waals surface area (Å²) in [7, 11) is 0. The zero-order chi connectivity index (χ0) is 21.3. The van der Waals surface area contributed by atoms with E-state index in [1.165, 1.54) is 33.9 Å². The van der Waals surface area contributed by atoms with E-state index in [0.29, 0.717) is 5.56 Å². The molecule has 2 N–H and O–H groups in total. The number of aryl methyl sites for hydroxylation is 4. The predicted molar refractivity (Wildman–Crippen MR) is 118 cm³/mol. The largest absolute Gasteiger partial charge is 0.481 e. The Morgan fingerprint density at radius 3 is 2.57 bits per heavy atom. The molecule has 1 heterocycles. The minimum atomic E-state index is -0.908. The Bertz CT molecular complexity index is 1090. The van der Waals surface area contributed by atoms with Crippen LogP contribution < -0.4 is 5.32 Å². The highest BCUT2D eigenvalue weighted by molar-refractivity contribution is 5.71. The number of carboxylic acids is 1. The fourth-order valence-corrected chi connectivity index (χ4v) is 4.43. The summed E-state index contributed by atoms with van der Waals surface area (Å²) in [5.74, 6) is -1.25. The van der Waals surface area contributed by atoms with Gasteiger partial charge in [-0.25, -0.2) is 4.39 Å². The maximum Gasteiger partial charge on any atom is 0.303 e. The molecule has 1 atom stereocenters. The number of halogens is 1. The molecule has 0 amide bonds. The third kappa shape index (κ3) is 4.09. The van der Waals surface area contributed by atoms with Crippen molar-refractivity contribution in [2.45, 2.75) is 45.6 Å². The summed E-state index contributed by atoms with van der Waals surface area (Å²) in [5, 5.41) is 12.4. The van der Waals surface area contributed by atoms with Crippen molar-refractivity contribution in [3.05, 3.63) is 88.2 Å². The number of aliphatic carboxylic acids is 1. The fraction of sp³-hybridized carbons (Fsp3) is 0.269. The third-order valence-electron chi connectivity index (χ3n) is 5.97. The Hall–Kier alpha value is -3.14. The van der Waals surface area contributed by atoms with Gasteiger partial charge in [0.1, 0.15) is 5.82 Å². The average molecular weight is 403 g/mol. The Labute approximate surface area is 176 Å². The van der Waals surface area contributed by atoms with Crippen molar-refractivity contribution < 1.29 is 14.3 Å². The van der Waals surface area contributed by atoms with Gasteiger partial charge < -0.3 is 10.4 Å². The highest BCUT2D eigenvalue weighted by Gasteiger charge is 2.22. The number of rotatable bonds is 5. The average Bonchev–Trinajstić information content (AvgIpc) is 2.72. The molecule has 0 radical (unpaired) electrons. The third-order valence-corrected chi connectivity index (χ3v) is 5.97. The molecule has 0 saturated heterocycles. The predicted octanol–water partition coefficient (Wildman–Crippen LogP) is 6.23. The van der Waals surface area contributed by atoms with Gasteiger partial charge in [-0.1, -0.05) is 42.5 Å². The molecule has 4 heteroatoms. The van der Waals surface area contributed by atoms with Crippen molar-refractivity contribution in [1.29, 1.82) is 0 Å². The number of carboxylic acid groups (broad SMARTS) is 1. The first-order chi connectivity index (χ1) is 14.4. The number of nitrogens with one attached hydrogen (secondary N) is 1. The van der Waals surface area contributed by atoms with Gasteiger partial charge in [-0.2, -0.15) is 0 Å². The lowest BCUT2D eigenvalue weighted by Crippen LogP contribution is -2.19. The van der Waals surface area contributed by atoms with Gasteiger partial charge in [0.05, 0.1) is 6.04 Å². The molecule has 1 aliphatic rings. The molecule has 154 valence electrons. The molecular formula is C26H26FNO2. The highest BCUT2D eigenvalue weighted by atomic mass is 19.1. The van der Waals surface area contributed by atoms with E-state index in [2.05, 4.69) is 61.6 Å². The molecule has 3 nitrogen and oxygen atoms in total. The monoisotopic (exact) mass is 403 g/mol. The number of fused-ring (bicyclic) bond motifs is 1. The molecule has 4 rings (SSSR count). The lowest BCUT2D eigenvalue weighted by molar-refractivity contribution is -0.136. The summed E-state index contributed by atoms with van der Waals surface area (Å²) < 4.78 is 14.5. The molecule has 0 bridgehead atoms. The quantitative estimate of drug-likeness (QED) is 0.531. The second-order valence-electron chi connectivity index (χ2n) is 8.12. The van der Waals surface area contributed by atoms with Crippen LogP contribution in [0, 0.1) is 19.7 Å². The van der Waals surface area contributed by atoms with Crippen LogP contribution in [0.15, 0.2) is 54.6 Å². The summed E-state index contributed by atoms with van der Waals surface area (Å²) in [6, 6.07) is 18.4. The molecule has 0 aliphatic carbocycles. The molecule has 3 aromatic rings. The highest BCUT2D eigenvalue weighted by Crippen LogP contribution is 2.36. The maximum atomic E-state index is 14.5. The summed E-state index contributed by atoms with van der Waals surface area (Å²) in [5.41, 5.74) is 8.51. The van der Waals surface area contributed by atoms with Crippen LogP contribution >= 0.6 is 0 Å². The molecule has 30 heavy (non-hydrogen) atoms. The van der Waals surface area contributed by atoms with Gasteiger partial charge in [-0.3, -0.25) is 4.79 Å². The van der Waals surface area contributed by atoms with Crippen molar-refractivity contribution in [3.8, 4) is 11.1 Å². The van der Waals surface area contributed by atoms with Gasteiger partial charge in [-0.15, -0.1) is 0 Å². The molecule has 1 unspecified atom stereocenters. The summed E-state index contributed by atoms with van der Waals surface area (Å²) >= 11 is 0. The first-order valence-electron chi connectivity index (χ1n) is 10.4. The maximum absolute atomic E-state index is 14.5. The van der Waals surface area contributed by atoms with Crippen molar-refractivity contribution in [3.63, 3.8) is 0 Å². The number of carbonyl (C=O) groups is 1. The van der Waals surface area contributed by atoms with Gasteiger partial charge in [0, 0.05) is 12.1 Å². The van der Waals surface area contributed by atoms with E-state index in [0.717, 1.165) is 24.1 Å². The number of hydrogen-bond acceptors (Lipinski definition) is 2. The van der Waals surface area contributed by atoms with Crippen LogP contribution in [-0.4, -0.2) is 11.1 Å². The number of hydrogen-bond donors (Lipinski definition) is 2. The number of anilines is 1. The Morgan fingerprint density at radius 2 is 1.83 bits per heavy atom. The van der Waals surface area contributed by atoms with Crippen molar-refractivity contribution >= 4 is 11.7 Å². The van der Waals surface area contributed by atoms with Crippen LogP contribution in [0.2, 0.25) is 0 Å². The lowest BCUT2D eigenvalue weighted by atomic mass is 9.89. The molecule has 0 saturated carbocycles. The molecule has 3 aromatic carbocycles. The fourth-order valence-electron chi connectivity index (χ4n) is 4.43. The SMILES string of the molecule is Cc1cccc(C)c1-c1cccc(C2CCc3cc(CCC(=O)O)c(F)cc3N2)c1. The van der Waals surface area contributed by atoms with Gasteiger partial charge in [0.2, 0.25) is 0 Å². The van der Waals surface area contributed by atoms with E-state index in [1.54, 1.807) is 0 Å². The molecule has 1 aliphatic heterocycles. The normalized spacial score (nSPS) is 15.4. The van der Waals surface area contributed by atoms with Crippen molar-refractivity contribution in [2.24, 2.45) is 0 Å². The van der Waals surface area contributed by atoms with E-state index < -0.39 is 5.97 Å². The topological polar surface area (TPSA) is 49.3 Å². The minimum Gasteiger partial charge on any atom is -0.481 e. The first-order valence-corrected chi connectivity index (χ1v) is 10.4. The smallest absolute Gasteiger partial charge is 0.303 e. The summed E-state index contributed by atoms with van der Waals surface area (Å²) in [6.45, 7) is 4.27. The van der Waals surface area contributed by atoms with E-state index in [1.807, 2.05) is 6.07 Å². The first kappa shape index (κ1) is 20.1. The molecule has 0 spiro atoms. The van der Waals surface area contributed by atoms with Crippen LogP contribution in [0.3, 0.4) is 0 Å². The Kier molecular flexibility index (Phi) is 5.58. The van der Waals surface area contributed by atoms with Crippen LogP contribution in [0.4, 0.5) is 10.1 Å². The standard InChI is InChI=1S/C26H26FNO2/c1-16-5-3-6-17(2)26(16)21-8-4-7-19(14-21)23-11-9-20-13-18(10-12-25(29)30)22(27)15-24(20)28-23/h3-8,13-15,23,28H,9-12H2,1-2H3,(H,29,30). The minimum absolute atomic E-state index is 0.0587. The van der Waals surface area contributed by atoms with E-state index >= 15 is 0 Å². The zero-order valence-corrected chi connectivity index (χ0v) is 17.3. The summed E-state index contributed by atoms with van der Waals surface area (Å²) in [6.07, 6.45) is 1.90. The van der Waals surface area contributed by atoms with Crippen LogP contribution in [0.25, 0.3) is 11.1 Å². The summed E-state index contributed by atoms with van der Waals surface area (Å²) in [4.78, 5) is 10.8. The van der Waals surface area contributed by atoms with Gasteiger partial charge in [0.15, 0.2) is 0 Å². The van der Waals surface area contributed by atoms with Gasteiger partial charge in [-0.05, 0) is 84.2 Å². The van der Waals surface area contributed by atoms with E-state index in [9.17, 15) is 9.18 Å². The zero-order valence-electron chi connectivity index (χ0n) is 17.3. The molecular weight excluding hydrogens is 377 g/mol. The molecule has 0 fully saturated rings. The van der Waals surface area contributed by atoms with E-state index in [-0.39, 0.29) is 24.7 Å². The second kappa shape index (κ2) is 8.31.